The average molecular weight is 426 g/mol. The molecule has 0 aromatic heterocycles. The number of carbonyl (C=O) groups excluding carboxylic acids is 3. The predicted molar refractivity (Wildman–Crippen MR) is 109 cm³/mol. The Morgan fingerprint density at radius 2 is 1.77 bits per heavy atom. The third kappa shape index (κ3) is 5.06. The lowest BCUT2D eigenvalue weighted by atomic mass is 10.2. The molecular formula is C22H22N2O7. The molecule has 0 fully saturated rings. The van der Waals surface area contributed by atoms with E-state index in [1.54, 1.807) is 24.3 Å². The fourth-order valence-electron chi connectivity index (χ4n) is 3.26. The summed E-state index contributed by atoms with van der Waals surface area (Å²) in [7, 11) is 0. The highest BCUT2D eigenvalue weighted by Crippen LogP contribution is 2.32. The molecule has 2 aromatic rings. The zero-order valence-corrected chi connectivity index (χ0v) is 16.7. The molecule has 2 aliphatic rings. The van der Waals surface area contributed by atoms with E-state index >= 15 is 0 Å². The maximum absolute atomic E-state index is 12.1. The van der Waals surface area contributed by atoms with Crippen molar-refractivity contribution in [3.05, 3.63) is 48.5 Å². The van der Waals surface area contributed by atoms with Crippen molar-refractivity contribution in [2.24, 2.45) is 0 Å². The summed E-state index contributed by atoms with van der Waals surface area (Å²) in [6, 6.07) is 14.4. The van der Waals surface area contributed by atoms with Crippen molar-refractivity contribution in [2.75, 3.05) is 37.8 Å². The van der Waals surface area contributed by atoms with Gasteiger partial charge in [0.2, 0.25) is 0 Å². The van der Waals surface area contributed by atoms with Gasteiger partial charge < -0.3 is 29.2 Å². The Labute approximate surface area is 178 Å². The number of nitrogens with one attached hydrogen (secondary N) is 1. The van der Waals surface area contributed by atoms with E-state index in [1.807, 2.05) is 24.3 Å². The molecule has 2 heterocycles. The second kappa shape index (κ2) is 9.38. The largest absolute Gasteiger partial charge is 0.486 e. The van der Waals surface area contributed by atoms with Crippen molar-refractivity contribution in [2.45, 2.75) is 12.5 Å². The van der Waals surface area contributed by atoms with Crippen molar-refractivity contribution in [1.29, 1.82) is 0 Å². The number of para-hydroxylation sites is 4. The van der Waals surface area contributed by atoms with Gasteiger partial charge in [0.15, 0.2) is 24.7 Å². The lowest BCUT2D eigenvalue weighted by molar-refractivity contribution is -0.148. The number of hydrogen-bond donors (Lipinski definition) is 1. The summed E-state index contributed by atoms with van der Waals surface area (Å²) >= 11 is 0. The molecule has 9 heteroatoms. The molecule has 2 amide bonds. The van der Waals surface area contributed by atoms with Gasteiger partial charge in [-0.1, -0.05) is 24.3 Å². The van der Waals surface area contributed by atoms with Gasteiger partial charge in [-0.15, -0.1) is 0 Å². The number of ether oxygens (including phenoxy) is 4. The number of fused-ring (bicyclic) bond motifs is 2. The highest BCUT2D eigenvalue weighted by atomic mass is 16.6. The van der Waals surface area contributed by atoms with Crippen LogP contribution < -0.4 is 24.4 Å². The lowest BCUT2D eigenvalue weighted by Crippen LogP contribution is -2.42. The molecule has 0 aliphatic carbocycles. The summed E-state index contributed by atoms with van der Waals surface area (Å²) in [5.41, 5.74) is 0.612. The van der Waals surface area contributed by atoms with E-state index in [0.717, 1.165) is 0 Å². The highest BCUT2D eigenvalue weighted by Gasteiger charge is 2.26. The van der Waals surface area contributed by atoms with Crippen molar-refractivity contribution in [3.63, 3.8) is 0 Å². The summed E-state index contributed by atoms with van der Waals surface area (Å²) in [5.74, 6) is 0.632. The molecule has 2 aromatic carbocycles. The molecule has 0 saturated heterocycles. The number of nitrogens with zero attached hydrogens (tertiary/aromatic N) is 1. The summed E-state index contributed by atoms with van der Waals surface area (Å²) in [4.78, 5) is 37.6. The fourth-order valence-corrected chi connectivity index (χ4v) is 3.26. The predicted octanol–water partition coefficient (Wildman–Crippen LogP) is 1.30. The van der Waals surface area contributed by atoms with Crippen LogP contribution in [-0.2, 0) is 19.1 Å². The topological polar surface area (TPSA) is 103 Å². The van der Waals surface area contributed by atoms with E-state index < -0.39 is 18.5 Å². The van der Waals surface area contributed by atoms with Gasteiger partial charge in [-0.2, -0.15) is 0 Å². The molecule has 2 aliphatic heterocycles. The van der Waals surface area contributed by atoms with Gasteiger partial charge >= 0.3 is 5.97 Å². The van der Waals surface area contributed by atoms with Gasteiger partial charge in [0.1, 0.15) is 18.5 Å². The molecule has 0 bridgehead atoms. The van der Waals surface area contributed by atoms with Crippen LogP contribution in [0.2, 0.25) is 0 Å². The second-order valence-electron chi connectivity index (χ2n) is 7.01. The van der Waals surface area contributed by atoms with Crippen molar-refractivity contribution in [1.82, 2.24) is 5.32 Å². The minimum absolute atomic E-state index is 0.0380. The number of benzene rings is 2. The van der Waals surface area contributed by atoms with Crippen LogP contribution in [0.3, 0.4) is 0 Å². The summed E-state index contributed by atoms with van der Waals surface area (Å²) in [5, 5.41) is 2.66. The maximum Gasteiger partial charge on any atom is 0.308 e. The van der Waals surface area contributed by atoms with Gasteiger partial charge in [0.05, 0.1) is 18.7 Å². The smallest absolute Gasteiger partial charge is 0.308 e. The molecular weight excluding hydrogens is 404 g/mol. The van der Waals surface area contributed by atoms with E-state index in [9.17, 15) is 14.4 Å². The molecule has 4 rings (SSSR count). The minimum atomic E-state index is -0.571. The Bertz CT molecular complexity index is 978. The first-order valence-electron chi connectivity index (χ1n) is 9.93. The van der Waals surface area contributed by atoms with Gasteiger partial charge in [-0.3, -0.25) is 14.4 Å². The quantitative estimate of drug-likeness (QED) is 0.666. The first-order chi connectivity index (χ1) is 15.1. The monoisotopic (exact) mass is 426 g/mol. The molecule has 0 spiro atoms. The van der Waals surface area contributed by atoms with E-state index in [4.69, 9.17) is 18.9 Å². The standard InChI is InChI=1S/C22H22N2O7/c25-20(23-11-15-12-28-18-7-3-4-8-19(18)31-15)13-30-22(27)9-10-24-16-5-1-2-6-17(16)29-14-21(24)26/h1-8,15H,9-14H2,(H,23,25). The second-order valence-corrected chi connectivity index (χ2v) is 7.01. The van der Waals surface area contributed by atoms with Crippen LogP contribution in [0.15, 0.2) is 48.5 Å². The first-order valence-corrected chi connectivity index (χ1v) is 9.93. The Kier molecular flexibility index (Phi) is 6.21. The molecule has 1 N–H and O–H groups in total. The van der Waals surface area contributed by atoms with Crippen LogP contribution in [-0.4, -0.2) is 56.8 Å². The third-order valence-electron chi connectivity index (χ3n) is 4.81. The molecule has 0 saturated carbocycles. The van der Waals surface area contributed by atoms with Crippen molar-refractivity contribution >= 4 is 23.5 Å². The maximum atomic E-state index is 12.1. The van der Waals surface area contributed by atoms with Crippen LogP contribution in [0.1, 0.15) is 6.42 Å². The van der Waals surface area contributed by atoms with E-state index in [2.05, 4.69) is 5.32 Å². The van der Waals surface area contributed by atoms with Crippen LogP contribution in [0.5, 0.6) is 17.2 Å². The van der Waals surface area contributed by atoms with E-state index in [1.165, 1.54) is 4.90 Å². The molecule has 9 nitrogen and oxygen atoms in total. The van der Waals surface area contributed by atoms with Crippen LogP contribution in [0, 0.1) is 0 Å². The van der Waals surface area contributed by atoms with Crippen LogP contribution >= 0.6 is 0 Å². The van der Waals surface area contributed by atoms with E-state index in [-0.39, 0.29) is 38.1 Å². The minimum Gasteiger partial charge on any atom is -0.486 e. The molecule has 0 radical (unpaired) electrons. The summed E-state index contributed by atoms with van der Waals surface area (Å²) in [6.45, 7) is 0.199. The zero-order chi connectivity index (χ0) is 21.6. The van der Waals surface area contributed by atoms with Crippen LogP contribution in [0.25, 0.3) is 0 Å². The van der Waals surface area contributed by atoms with E-state index in [0.29, 0.717) is 29.5 Å². The lowest BCUT2D eigenvalue weighted by Gasteiger charge is -2.29. The zero-order valence-electron chi connectivity index (χ0n) is 16.7. The molecule has 1 unspecified atom stereocenters. The van der Waals surface area contributed by atoms with Gasteiger partial charge in [0.25, 0.3) is 11.8 Å². The van der Waals surface area contributed by atoms with Crippen LogP contribution in [0.4, 0.5) is 5.69 Å². The Morgan fingerprint density at radius 3 is 2.61 bits per heavy atom. The highest BCUT2D eigenvalue weighted by molar-refractivity contribution is 5.98. The third-order valence-corrected chi connectivity index (χ3v) is 4.81. The number of carbonyl (C=O) groups is 3. The fraction of sp³-hybridized carbons (Fsp3) is 0.318. The Balaban J connectivity index is 1.17. The SMILES string of the molecule is O=C(COC(=O)CCN1C(=O)COc2ccccc21)NCC1COc2ccccc2O1. The Morgan fingerprint density at radius 1 is 1.03 bits per heavy atom. The summed E-state index contributed by atoms with van der Waals surface area (Å²) in [6.07, 6.45) is -0.370. The normalized spacial score (nSPS) is 16.7. The molecule has 1 atom stereocenters. The number of esters is 1. The number of anilines is 1. The van der Waals surface area contributed by atoms with Gasteiger partial charge in [-0.25, -0.2) is 0 Å². The van der Waals surface area contributed by atoms with Gasteiger partial charge in [0, 0.05) is 6.54 Å². The van der Waals surface area contributed by atoms with Crippen molar-refractivity contribution < 1.29 is 33.3 Å². The Hall–Kier alpha value is -3.75. The average Bonchev–Trinajstić information content (AvgIpc) is 2.80. The van der Waals surface area contributed by atoms with Crippen molar-refractivity contribution in [3.8, 4) is 17.2 Å². The first kappa shape index (κ1) is 20.5. The molecule has 162 valence electrons. The number of hydrogen-bond acceptors (Lipinski definition) is 7. The summed E-state index contributed by atoms with van der Waals surface area (Å²) < 4.78 is 21.7. The number of rotatable bonds is 7. The molecule has 31 heavy (non-hydrogen) atoms. The number of amides is 2. The van der Waals surface area contributed by atoms with Gasteiger partial charge in [-0.05, 0) is 24.3 Å².